The average molecular weight is 302 g/mol. The van der Waals surface area contributed by atoms with E-state index in [0.717, 1.165) is 16.7 Å². The smallest absolute Gasteiger partial charge is 0.251 e. The molecule has 1 unspecified atom stereocenters. The van der Waals surface area contributed by atoms with Crippen LogP contribution in [0.15, 0.2) is 42.4 Å². The van der Waals surface area contributed by atoms with Crippen molar-refractivity contribution in [1.82, 2.24) is 5.32 Å². The number of amides is 1. The summed E-state index contributed by atoms with van der Waals surface area (Å²) in [6, 6.07) is 5.69. The maximum absolute atomic E-state index is 12.5. The van der Waals surface area contributed by atoms with Gasteiger partial charge in [0.25, 0.3) is 5.91 Å². The van der Waals surface area contributed by atoms with Gasteiger partial charge in [-0.1, -0.05) is 12.1 Å². The van der Waals surface area contributed by atoms with E-state index in [1.54, 1.807) is 0 Å². The molecule has 1 aromatic rings. The first-order valence-corrected chi connectivity index (χ1v) is 7.36. The summed E-state index contributed by atoms with van der Waals surface area (Å²) >= 11 is 0. The molecular formula is C17H22N2O3. The highest BCUT2D eigenvalue weighted by molar-refractivity contribution is 5.96. The van der Waals surface area contributed by atoms with Gasteiger partial charge >= 0.3 is 0 Å². The third-order valence-electron chi connectivity index (χ3n) is 3.77. The second-order valence-electron chi connectivity index (χ2n) is 5.39. The van der Waals surface area contributed by atoms with Gasteiger partial charge in [-0.15, -0.1) is 0 Å². The number of carbonyl (C=O) groups excluding carboxylic acids is 1. The zero-order valence-electron chi connectivity index (χ0n) is 13.0. The summed E-state index contributed by atoms with van der Waals surface area (Å²) in [5.74, 6) is -0.0720. The Morgan fingerprint density at radius 1 is 1.32 bits per heavy atom. The molecule has 1 atom stereocenters. The van der Waals surface area contributed by atoms with Crippen molar-refractivity contribution in [2.45, 2.75) is 32.7 Å². The van der Waals surface area contributed by atoms with Crippen molar-refractivity contribution < 1.29 is 14.6 Å². The fourth-order valence-electron chi connectivity index (χ4n) is 2.36. The fraction of sp³-hybridized carbons (Fsp3) is 0.353. The van der Waals surface area contributed by atoms with Crippen LogP contribution in [0.3, 0.4) is 0 Å². The first-order valence-electron chi connectivity index (χ1n) is 7.36. The number of rotatable bonds is 6. The largest absolute Gasteiger partial charge is 0.349 e. The topological polar surface area (TPSA) is 73.6 Å². The summed E-state index contributed by atoms with van der Waals surface area (Å²) in [5, 5.41) is 3.06. The summed E-state index contributed by atoms with van der Waals surface area (Å²) in [5.41, 5.74) is 9.41. The minimum atomic E-state index is -0.0720. The van der Waals surface area contributed by atoms with Crippen molar-refractivity contribution >= 4 is 5.91 Å². The van der Waals surface area contributed by atoms with Crippen LogP contribution in [0, 0.1) is 13.8 Å². The zero-order chi connectivity index (χ0) is 15.9. The van der Waals surface area contributed by atoms with Crippen LogP contribution >= 0.6 is 0 Å². The van der Waals surface area contributed by atoms with Crippen molar-refractivity contribution in [2.75, 3.05) is 6.54 Å². The van der Waals surface area contributed by atoms with E-state index in [1.165, 1.54) is 12.5 Å². The van der Waals surface area contributed by atoms with Crippen LogP contribution in [-0.4, -0.2) is 18.5 Å². The molecule has 3 N–H and O–H groups in total. The molecule has 0 spiro atoms. The second-order valence-corrected chi connectivity index (χ2v) is 5.39. The van der Waals surface area contributed by atoms with Crippen LogP contribution in [-0.2, 0) is 9.78 Å². The zero-order valence-corrected chi connectivity index (χ0v) is 13.0. The third kappa shape index (κ3) is 4.11. The Bertz CT molecular complexity index is 594. The molecule has 1 aromatic carbocycles. The summed E-state index contributed by atoms with van der Waals surface area (Å²) in [4.78, 5) is 21.9. The van der Waals surface area contributed by atoms with Gasteiger partial charge in [0.2, 0.25) is 0 Å². The standard InChI is InChI=1S/C17H22N2O3/c1-12-4-3-5-16(13(12)2)17(20)19-15(6-8-18)10-14-7-9-21-22-11-14/h3-5,7,9,11,15H,6,8,10,18H2,1-2H3,(H,19,20). The normalized spacial score (nSPS) is 14.6. The lowest BCUT2D eigenvalue weighted by Crippen LogP contribution is -2.37. The molecule has 1 heterocycles. The van der Waals surface area contributed by atoms with Gasteiger partial charge in [-0.2, -0.15) is 0 Å². The third-order valence-corrected chi connectivity index (χ3v) is 3.77. The first-order chi connectivity index (χ1) is 10.6. The van der Waals surface area contributed by atoms with Gasteiger partial charge in [0, 0.05) is 11.6 Å². The SMILES string of the molecule is Cc1cccc(C(=O)NC(CCN)CC2=COOC=C2)c1C. The first kappa shape index (κ1) is 16.1. The van der Waals surface area contributed by atoms with Gasteiger partial charge in [-0.3, -0.25) is 14.6 Å². The van der Waals surface area contributed by atoms with E-state index in [2.05, 4.69) is 10.2 Å². The lowest BCUT2D eigenvalue weighted by molar-refractivity contribution is -0.199. The highest BCUT2D eigenvalue weighted by atomic mass is 17.2. The van der Waals surface area contributed by atoms with Gasteiger partial charge in [0.1, 0.15) is 12.5 Å². The van der Waals surface area contributed by atoms with Crippen molar-refractivity contribution in [2.24, 2.45) is 5.73 Å². The molecule has 1 amide bonds. The Kier molecular flexibility index (Phi) is 5.61. The number of nitrogens with two attached hydrogens (primary N) is 1. The average Bonchev–Trinajstić information content (AvgIpc) is 2.51. The van der Waals surface area contributed by atoms with Crippen molar-refractivity contribution in [3.8, 4) is 0 Å². The Balaban J connectivity index is 2.06. The minimum Gasteiger partial charge on any atom is -0.349 e. The van der Waals surface area contributed by atoms with Crippen molar-refractivity contribution in [1.29, 1.82) is 0 Å². The summed E-state index contributed by atoms with van der Waals surface area (Å²) in [6.45, 7) is 4.46. The second kappa shape index (κ2) is 7.66. The van der Waals surface area contributed by atoms with Gasteiger partial charge in [-0.25, -0.2) is 0 Å². The molecule has 0 saturated heterocycles. The van der Waals surface area contributed by atoms with Crippen LogP contribution < -0.4 is 11.1 Å². The number of hydrogen-bond donors (Lipinski definition) is 2. The highest BCUT2D eigenvalue weighted by Crippen LogP contribution is 2.16. The minimum absolute atomic E-state index is 0.0463. The summed E-state index contributed by atoms with van der Waals surface area (Å²) < 4.78 is 0. The van der Waals surface area contributed by atoms with Crippen LogP contribution in [0.1, 0.15) is 34.3 Å². The summed E-state index contributed by atoms with van der Waals surface area (Å²) in [6.07, 6.45) is 6.17. The number of carbonyl (C=O) groups is 1. The fourth-order valence-corrected chi connectivity index (χ4v) is 2.36. The molecule has 2 rings (SSSR count). The van der Waals surface area contributed by atoms with Crippen LogP contribution in [0.2, 0.25) is 0 Å². The molecule has 0 bridgehead atoms. The van der Waals surface area contributed by atoms with Crippen LogP contribution in [0.4, 0.5) is 0 Å². The van der Waals surface area contributed by atoms with Gasteiger partial charge < -0.3 is 11.1 Å². The number of hydrogen-bond acceptors (Lipinski definition) is 4. The molecule has 1 aliphatic heterocycles. The van der Waals surface area contributed by atoms with Crippen molar-refractivity contribution in [3.05, 3.63) is 59.1 Å². The lowest BCUT2D eigenvalue weighted by atomic mass is 10.0. The molecule has 22 heavy (non-hydrogen) atoms. The molecule has 5 nitrogen and oxygen atoms in total. The molecule has 1 aliphatic rings. The van der Waals surface area contributed by atoms with E-state index in [4.69, 9.17) is 10.6 Å². The number of benzene rings is 1. The van der Waals surface area contributed by atoms with E-state index in [-0.39, 0.29) is 11.9 Å². The van der Waals surface area contributed by atoms with E-state index in [1.807, 2.05) is 38.1 Å². The van der Waals surface area contributed by atoms with E-state index in [9.17, 15) is 4.79 Å². The summed E-state index contributed by atoms with van der Waals surface area (Å²) in [7, 11) is 0. The number of allylic oxidation sites excluding steroid dienone is 1. The number of aryl methyl sites for hydroxylation is 1. The van der Waals surface area contributed by atoms with Gasteiger partial charge in [0.05, 0.1) is 0 Å². The monoisotopic (exact) mass is 302 g/mol. The number of nitrogens with one attached hydrogen (secondary N) is 1. The molecule has 5 heteroatoms. The maximum atomic E-state index is 12.5. The van der Waals surface area contributed by atoms with Crippen LogP contribution in [0.25, 0.3) is 0 Å². The molecule has 0 fully saturated rings. The molecule has 0 aliphatic carbocycles. The van der Waals surface area contributed by atoms with E-state index < -0.39 is 0 Å². The Labute approximate surface area is 130 Å². The predicted molar refractivity (Wildman–Crippen MR) is 84.9 cm³/mol. The molecule has 0 saturated carbocycles. The highest BCUT2D eigenvalue weighted by Gasteiger charge is 2.17. The Morgan fingerprint density at radius 3 is 2.82 bits per heavy atom. The van der Waals surface area contributed by atoms with E-state index in [0.29, 0.717) is 24.9 Å². The van der Waals surface area contributed by atoms with Gasteiger partial charge in [-0.05, 0) is 62.1 Å². The van der Waals surface area contributed by atoms with E-state index >= 15 is 0 Å². The van der Waals surface area contributed by atoms with Crippen molar-refractivity contribution in [3.63, 3.8) is 0 Å². The Morgan fingerprint density at radius 2 is 2.14 bits per heavy atom. The molecule has 118 valence electrons. The Hall–Kier alpha value is -2.27. The molecular weight excluding hydrogens is 280 g/mol. The predicted octanol–water partition coefficient (Wildman–Crippen LogP) is 2.50. The van der Waals surface area contributed by atoms with Crippen LogP contribution in [0.5, 0.6) is 0 Å². The van der Waals surface area contributed by atoms with Gasteiger partial charge in [0.15, 0.2) is 0 Å². The quantitative estimate of drug-likeness (QED) is 0.792. The maximum Gasteiger partial charge on any atom is 0.251 e. The molecule has 0 aromatic heterocycles. The molecule has 0 radical (unpaired) electrons. The lowest BCUT2D eigenvalue weighted by Gasteiger charge is -2.20.